The van der Waals surface area contributed by atoms with Crippen molar-refractivity contribution in [1.82, 2.24) is 23.9 Å². The van der Waals surface area contributed by atoms with Gasteiger partial charge in [0, 0.05) is 56.1 Å². The molecule has 5 rings (SSSR count). The second kappa shape index (κ2) is 9.31. The molecule has 1 aromatic carbocycles. The van der Waals surface area contributed by atoms with E-state index in [1.807, 2.05) is 40.1 Å². The van der Waals surface area contributed by atoms with Crippen molar-refractivity contribution in [2.45, 2.75) is 38.3 Å². The van der Waals surface area contributed by atoms with E-state index in [-0.39, 0.29) is 23.6 Å². The van der Waals surface area contributed by atoms with Crippen LogP contribution in [0.1, 0.15) is 37.3 Å². The minimum Gasteiger partial charge on any atom is -0.342 e. The predicted molar refractivity (Wildman–Crippen MR) is 129 cm³/mol. The molecule has 3 aromatic rings. The number of rotatable bonds is 4. The average molecular weight is 468 g/mol. The zero-order valence-corrected chi connectivity index (χ0v) is 19.7. The zero-order valence-electron chi connectivity index (χ0n) is 19.0. The summed E-state index contributed by atoms with van der Waals surface area (Å²) in [6, 6.07) is 9.81. The lowest BCUT2D eigenvalue weighted by molar-refractivity contribution is -0.138. The molecule has 2 aromatic heterocycles. The first-order valence-corrected chi connectivity index (χ1v) is 12.2. The lowest BCUT2D eigenvalue weighted by atomic mass is 9.93. The molecule has 0 spiro atoms. The molecule has 0 atom stereocenters. The quantitative estimate of drug-likeness (QED) is 0.589. The van der Waals surface area contributed by atoms with E-state index in [1.165, 1.54) is 5.56 Å². The smallest absolute Gasteiger partial charge is 0.329 e. The minimum absolute atomic E-state index is 0.0152. The number of carbonyl (C=O) groups is 1. The summed E-state index contributed by atoms with van der Waals surface area (Å²) in [7, 11) is 1.79. The predicted octanol–water partition coefficient (Wildman–Crippen LogP) is 3.46. The highest BCUT2D eigenvalue weighted by Crippen LogP contribution is 2.29. The van der Waals surface area contributed by atoms with Crippen LogP contribution in [0.25, 0.3) is 11.0 Å². The van der Waals surface area contributed by atoms with E-state index < -0.39 is 0 Å². The number of fused-ring (bicyclic) bond motifs is 1. The van der Waals surface area contributed by atoms with Crippen LogP contribution in [0.4, 0.5) is 0 Å². The Hall–Kier alpha value is -2.64. The highest BCUT2D eigenvalue weighted by atomic mass is 35.5. The van der Waals surface area contributed by atoms with Crippen LogP contribution in [0.3, 0.4) is 0 Å². The Morgan fingerprint density at radius 2 is 1.70 bits per heavy atom. The molecule has 0 aliphatic carbocycles. The zero-order chi connectivity index (χ0) is 22.9. The van der Waals surface area contributed by atoms with Crippen molar-refractivity contribution in [3.05, 3.63) is 63.8 Å². The van der Waals surface area contributed by atoms with E-state index >= 15 is 0 Å². The Bertz CT molecular complexity index is 1190. The van der Waals surface area contributed by atoms with Gasteiger partial charge in [-0.25, -0.2) is 4.79 Å². The van der Waals surface area contributed by atoms with Crippen LogP contribution in [-0.2, 0) is 18.4 Å². The summed E-state index contributed by atoms with van der Waals surface area (Å²) in [5, 5.41) is 0.627. The number of amides is 1. The highest BCUT2D eigenvalue weighted by Gasteiger charge is 2.32. The van der Waals surface area contributed by atoms with Crippen LogP contribution in [0.5, 0.6) is 0 Å². The van der Waals surface area contributed by atoms with Crippen molar-refractivity contribution in [2.75, 3.05) is 26.2 Å². The van der Waals surface area contributed by atoms with E-state index in [4.69, 9.17) is 11.6 Å². The number of carbonyl (C=O) groups excluding carboxylic acids is 1. The normalized spacial score (nSPS) is 18.8. The number of piperidine rings is 2. The van der Waals surface area contributed by atoms with Gasteiger partial charge in [-0.05, 0) is 74.7 Å². The average Bonchev–Trinajstić information content (AvgIpc) is 3.09. The van der Waals surface area contributed by atoms with E-state index in [1.54, 1.807) is 11.6 Å². The van der Waals surface area contributed by atoms with Gasteiger partial charge in [0.15, 0.2) is 0 Å². The molecule has 0 bridgehead atoms. The molecule has 7 nitrogen and oxygen atoms in total. The fourth-order valence-electron chi connectivity index (χ4n) is 5.38. The van der Waals surface area contributed by atoms with Crippen molar-refractivity contribution in [2.24, 2.45) is 13.0 Å². The first-order chi connectivity index (χ1) is 16.0. The van der Waals surface area contributed by atoms with Crippen LogP contribution in [0.15, 0.2) is 47.5 Å². The number of imidazole rings is 1. The lowest BCUT2D eigenvalue weighted by Crippen LogP contribution is -2.46. The second-order valence-corrected chi connectivity index (χ2v) is 9.74. The molecule has 0 saturated carbocycles. The third-order valence-corrected chi connectivity index (χ3v) is 7.52. The third-order valence-electron chi connectivity index (χ3n) is 7.29. The summed E-state index contributed by atoms with van der Waals surface area (Å²) in [6.07, 6.45) is 7.08. The molecule has 2 saturated heterocycles. The third kappa shape index (κ3) is 4.44. The number of aromatic nitrogens is 3. The molecular weight excluding hydrogens is 438 g/mol. The van der Waals surface area contributed by atoms with Crippen molar-refractivity contribution in [1.29, 1.82) is 0 Å². The minimum atomic E-state index is -0.0152. The van der Waals surface area contributed by atoms with Gasteiger partial charge in [0.1, 0.15) is 0 Å². The Morgan fingerprint density at radius 3 is 2.39 bits per heavy atom. The maximum Gasteiger partial charge on any atom is 0.329 e. The van der Waals surface area contributed by atoms with Crippen LogP contribution in [0.2, 0.25) is 5.02 Å². The monoisotopic (exact) mass is 467 g/mol. The number of hydrogen-bond donors (Lipinski definition) is 0. The highest BCUT2D eigenvalue weighted by molar-refractivity contribution is 6.31. The first-order valence-electron chi connectivity index (χ1n) is 11.8. The second-order valence-electron chi connectivity index (χ2n) is 9.31. The number of benzene rings is 1. The van der Waals surface area contributed by atoms with Gasteiger partial charge in [0.25, 0.3) is 0 Å². The van der Waals surface area contributed by atoms with Crippen LogP contribution >= 0.6 is 11.6 Å². The number of halogens is 1. The van der Waals surface area contributed by atoms with Gasteiger partial charge in [0.2, 0.25) is 5.91 Å². The fraction of sp³-hybridized carbons (Fsp3) is 0.480. The number of nitrogens with zero attached hydrogens (tertiary/aromatic N) is 5. The molecule has 33 heavy (non-hydrogen) atoms. The number of likely N-dealkylation sites (tertiary alicyclic amines) is 2. The van der Waals surface area contributed by atoms with Crippen molar-refractivity contribution in [3.8, 4) is 0 Å². The Kier molecular flexibility index (Phi) is 6.25. The SMILES string of the molecule is Cn1c(=O)n(C2CCN(C(=O)C3CCN(Cc4ccncc4)CC3)CC2)c2ccc(Cl)cc21. The summed E-state index contributed by atoms with van der Waals surface area (Å²) in [4.78, 5) is 34.6. The molecule has 4 heterocycles. The number of aryl methyl sites for hydroxylation is 1. The summed E-state index contributed by atoms with van der Waals surface area (Å²) < 4.78 is 3.56. The van der Waals surface area contributed by atoms with Gasteiger partial charge in [-0.15, -0.1) is 0 Å². The summed E-state index contributed by atoms with van der Waals surface area (Å²) in [6.45, 7) is 4.22. The Labute approximate surface area is 198 Å². The molecule has 1 amide bonds. The van der Waals surface area contributed by atoms with Gasteiger partial charge >= 0.3 is 5.69 Å². The molecule has 0 unspecified atom stereocenters. The standard InChI is InChI=1S/C25H30ClN5O2/c1-28-23-16-20(26)2-3-22(23)31(25(28)33)21-8-14-30(15-9-21)24(32)19-6-12-29(13-7-19)17-18-4-10-27-11-5-18/h2-5,10-11,16,19,21H,6-9,12-15,17H2,1H3. The van der Waals surface area contributed by atoms with Crippen LogP contribution in [-0.4, -0.2) is 56.0 Å². The molecule has 2 aliphatic rings. The maximum atomic E-state index is 13.2. The first kappa shape index (κ1) is 22.2. The van der Waals surface area contributed by atoms with Gasteiger partial charge in [0.05, 0.1) is 11.0 Å². The molecule has 2 aliphatic heterocycles. The van der Waals surface area contributed by atoms with Gasteiger partial charge < -0.3 is 4.90 Å². The van der Waals surface area contributed by atoms with Gasteiger partial charge in [-0.2, -0.15) is 0 Å². The van der Waals surface area contributed by atoms with Crippen LogP contribution in [0, 0.1) is 5.92 Å². The Morgan fingerprint density at radius 1 is 1.00 bits per heavy atom. The van der Waals surface area contributed by atoms with E-state index in [9.17, 15) is 9.59 Å². The van der Waals surface area contributed by atoms with Gasteiger partial charge in [-0.1, -0.05) is 11.6 Å². The van der Waals surface area contributed by atoms with E-state index in [0.717, 1.165) is 56.4 Å². The van der Waals surface area contributed by atoms with Crippen LogP contribution < -0.4 is 5.69 Å². The van der Waals surface area contributed by atoms with Crippen molar-refractivity contribution < 1.29 is 4.79 Å². The van der Waals surface area contributed by atoms with Crippen molar-refractivity contribution in [3.63, 3.8) is 0 Å². The summed E-state index contributed by atoms with van der Waals surface area (Å²) in [5.41, 5.74) is 3.02. The van der Waals surface area contributed by atoms with Crippen molar-refractivity contribution >= 4 is 28.5 Å². The lowest BCUT2D eigenvalue weighted by Gasteiger charge is -2.37. The number of hydrogen-bond acceptors (Lipinski definition) is 4. The Balaban J connectivity index is 1.18. The molecule has 0 radical (unpaired) electrons. The summed E-state index contributed by atoms with van der Waals surface area (Å²) in [5.74, 6) is 0.395. The van der Waals surface area contributed by atoms with E-state index in [0.29, 0.717) is 18.1 Å². The largest absolute Gasteiger partial charge is 0.342 e. The summed E-state index contributed by atoms with van der Waals surface area (Å²) >= 11 is 6.14. The number of pyridine rings is 1. The molecule has 8 heteroatoms. The molecule has 2 fully saturated rings. The maximum absolute atomic E-state index is 13.2. The van der Waals surface area contributed by atoms with Gasteiger partial charge in [-0.3, -0.25) is 23.8 Å². The molecule has 174 valence electrons. The molecular formula is C25H30ClN5O2. The topological polar surface area (TPSA) is 63.4 Å². The van der Waals surface area contributed by atoms with E-state index in [2.05, 4.69) is 22.0 Å². The fourth-order valence-corrected chi connectivity index (χ4v) is 5.54. The molecule has 0 N–H and O–H groups in total.